The van der Waals surface area contributed by atoms with Crippen molar-refractivity contribution in [2.45, 2.75) is 85.5 Å². The molecule has 0 saturated heterocycles. The van der Waals surface area contributed by atoms with Gasteiger partial charge in [0.05, 0.1) is 11.1 Å². The van der Waals surface area contributed by atoms with Gasteiger partial charge in [-0.15, -0.1) is 0 Å². The lowest BCUT2D eigenvalue weighted by molar-refractivity contribution is -0.660. The van der Waals surface area contributed by atoms with Crippen molar-refractivity contribution in [2.24, 2.45) is 7.05 Å². The summed E-state index contributed by atoms with van der Waals surface area (Å²) in [5, 5.41) is 4.83. The van der Waals surface area contributed by atoms with E-state index in [2.05, 4.69) is 201 Å². The zero-order valence-corrected chi connectivity index (χ0v) is 36.8. The second-order valence-electron chi connectivity index (χ2n) is 20.6. The third-order valence-electron chi connectivity index (χ3n) is 13.5. The number of rotatable bonds is 2. The lowest BCUT2D eigenvalue weighted by Crippen LogP contribution is -2.58. The highest BCUT2D eigenvalue weighted by Gasteiger charge is 2.42. The van der Waals surface area contributed by atoms with E-state index in [-0.39, 0.29) is 23.0 Å². The van der Waals surface area contributed by atoms with Crippen molar-refractivity contribution in [2.75, 3.05) is 0 Å². The Morgan fingerprint density at radius 2 is 1.28 bits per heavy atom. The normalized spacial score (nSPS) is 13.7. The molecule has 6 aromatic carbocycles. The number of para-hydroxylation sites is 1. The minimum absolute atomic E-state index is 0.00191. The molecule has 0 amide bonds. The lowest BCUT2D eigenvalue weighted by atomic mass is 9.34. The topological polar surface area (TPSA) is 31.2 Å². The third-order valence-corrected chi connectivity index (χ3v) is 13.5. The van der Waals surface area contributed by atoms with E-state index in [1.165, 1.54) is 66.1 Å². The minimum atomic E-state index is -0.0451. The molecule has 2 aliphatic heterocycles. The first-order valence-corrected chi connectivity index (χ1v) is 21.5. The predicted molar refractivity (Wildman–Crippen MR) is 252 cm³/mol. The number of pyridine rings is 1. The Morgan fingerprint density at radius 1 is 0.583 bits per heavy atom. The van der Waals surface area contributed by atoms with Gasteiger partial charge in [0.2, 0.25) is 5.69 Å². The largest absolute Gasteiger partial charge is 0.458 e. The molecular formula is C55H52BN2O2+. The first-order chi connectivity index (χ1) is 28.5. The number of aromatic nitrogens is 2. The molecule has 60 heavy (non-hydrogen) atoms. The fourth-order valence-electron chi connectivity index (χ4n) is 10.1. The van der Waals surface area contributed by atoms with Crippen LogP contribution < -0.4 is 25.7 Å². The molecule has 4 nitrogen and oxygen atoms in total. The Labute approximate surface area is 353 Å². The third kappa shape index (κ3) is 5.27. The Balaban J connectivity index is 1.25. The number of hydrogen-bond acceptors (Lipinski definition) is 2. The molecule has 9 aromatic rings. The Hall–Kier alpha value is -6.07. The minimum Gasteiger partial charge on any atom is -0.458 e. The molecule has 0 atom stereocenters. The Morgan fingerprint density at radius 3 is 2.03 bits per heavy atom. The number of fused-ring (bicyclic) bond motifs is 10. The molecular weight excluding hydrogens is 731 g/mol. The zero-order valence-electron chi connectivity index (χ0n) is 36.8. The van der Waals surface area contributed by atoms with Crippen LogP contribution >= 0.6 is 0 Å². The van der Waals surface area contributed by atoms with Crippen molar-refractivity contribution < 1.29 is 13.7 Å². The van der Waals surface area contributed by atoms with Crippen LogP contribution in [0.1, 0.15) is 84.6 Å². The van der Waals surface area contributed by atoms with E-state index in [1.54, 1.807) is 0 Å². The van der Waals surface area contributed by atoms with E-state index in [1.807, 2.05) is 0 Å². The number of aryl methyl sites for hydroxylation is 2. The van der Waals surface area contributed by atoms with E-state index in [0.717, 1.165) is 55.8 Å². The van der Waals surface area contributed by atoms with Gasteiger partial charge in [-0.25, -0.2) is 4.57 Å². The highest BCUT2D eigenvalue weighted by molar-refractivity contribution is 6.99. The Bertz CT molecular complexity index is 3320. The molecule has 11 rings (SSSR count). The van der Waals surface area contributed by atoms with Gasteiger partial charge in [0.1, 0.15) is 29.7 Å². The fourth-order valence-corrected chi connectivity index (χ4v) is 10.1. The molecule has 0 spiro atoms. The summed E-state index contributed by atoms with van der Waals surface area (Å²) in [6.07, 6.45) is 2.10. The molecule has 0 aliphatic carbocycles. The first kappa shape index (κ1) is 37.0. The summed E-state index contributed by atoms with van der Waals surface area (Å²) in [4.78, 5) is 0. The van der Waals surface area contributed by atoms with Crippen LogP contribution in [-0.2, 0) is 23.3 Å². The molecule has 0 fully saturated rings. The van der Waals surface area contributed by atoms with Crippen molar-refractivity contribution in [1.82, 2.24) is 4.57 Å². The molecule has 0 N–H and O–H groups in total. The summed E-state index contributed by atoms with van der Waals surface area (Å²) in [6.45, 7) is 23.0. The molecule has 0 radical (unpaired) electrons. The van der Waals surface area contributed by atoms with Gasteiger partial charge in [-0.05, 0) is 110 Å². The maximum atomic E-state index is 7.15. The first-order valence-electron chi connectivity index (χ1n) is 21.5. The second kappa shape index (κ2) is 12.3. The summed E-state index contributed by atoms with van der Waals surface area (Å²) in [7, 11) is 2.10. The molecule has 5 heterocycles. The average molecular weight is 784 g/mol. The highest BCUT2D eigenvalue weighted by atomic mass is 16.5. The van der Waals surface area contributed by atoms with E-state index in [9.17, 15) is 0 Å². The standard InChI is InChI=1S/C55H52BN2O2/c1-31-18-21-38-37-16-14-15-36(51(37)60-52(38)48(31)44-17-12-13-24-57(44)11)32-25-45-49-47(26-32)59-46-23-20-34(54(5,6)7)29-41(46)56(49)42-30-35(55(8,9)10)28-40-39-27-33(53(2,3)4)19-22-43(39)58(45)50(40)42/h12-30H,1-11H3/q+1. The van der Waals surface area contributed by atoms with E-state index < -0.39 is 0 Å². The SMILES string of the molecule is Cc1ccc2c(oc3c(-c4cc5c6c(c4)-n4c7ccc(C(C)(C)C)cc7c7cc(C(C)(C)C)cc(c74)B6c4cc(C(C)(C)C)ccc4O5)cccc32)c1-c1cccc[n+]1C. The highest BCUT2D eigenvalue weighted by Crippen LogP contribution is 2.45. The number of furan rings is 1. The van der Waals surface area contributed by atoms with Crippen molar-refractivity contribution in [3.8, 4) is 39.6 Å². The maximum Gasteiger partial charge on any atom is 0.256 e. The van der Waals surface area contributed by atoms with Crippen LogP contribution in [0.4, 0.5) is 0 Å². The van der Waals surface area contributed by atoms with Gasteiger partial charge < -0.3 is 13.7 Å². The second-order valence-corrected chi connectivity index (χ2v) is 20.6. The zero-order chi connectivity index (χ0) is 41.8. The van der Waals surface area contributed by atoms with E-state index in [0.29, 0.717) is 0 Å². The molecule has 0 saturated carbocycles. The predicted octanol–water partition coefficient (Wildman–Crippen LogP) is 12.0. The molecule has 0 bridgehead atoms. The summed E-state index contributed by atoms with van der Waals surface area (Å²) < 4.78 is 19.0. The molecule has 296 valence electrons. The lowest BCUT2D eigenvalue weighted by Gasteiger charge is -2.35. The van der Waals surface area contributed by atoms with Gasteiger partial charge in [0.15, 0.2) is 6.20 Å². The quantitative estimate of drug-likeness (QED) is 0.129. The summed E-state index contributed by atoms with van der Waals surface area (Å²) >= 11 is 0. The molecule has 3 aromatic heterocycles. The number of nitrogens with zero attached hydrogens (tertiary/aromatic N) is 2. The van der Waals surface area contributed by atoms with Gasteiger partial charge in [0.25, 0.3) is 6.71 Å². The molecule has 5 heteroatoms. The van der Waals surface area contributed by atoms with Crippen LogP contribution in [0.15, 0.2) is 120 Å². The average Bonchev–Trinajstić information content (AvgIpc) is 3.74. The number of ether oxygens (including phenoxy) is 1. The molecule has 2 aliphatic rings. The summed E-state index contributed by atoms with van der Waals surface area (Å²) in [6, 6.07) is 41.1. The van der Waals surface area contributed by atoms with Crippen LogP contribution in [0.25, 0.3) is 71.8 Å². The smallest absolute Gasteiger partial charge is 0.256 e. The monoisotopic (exact) mass is 783 g/mol. The van der Waals surface area contributed by atoms with Crippen molar-refractivity contribution in [3.05, 3.63) is 138 Å². The van der Waals surface area contributed by atoms with E-state index >= 15 is 0 Å². The fraction of sp³-hybridized carbons (Fsp3) is 0.255. The van der Waals surface area contributed by atoms with Crippen LogP contribution in [0.3, 0.4) is 0 Å². The summed E-state index contributed by atoms with van der Waals surface area (Å²) in [5.41, 5.74) is 18.8. The van der Waals surface area contributed by atoms with Crippen molar-refractivity contribution in [3.63, 3.8) is 0 Å². The number of benzene rings is 6. The van der Waals surface area contributed by atoms with Crippen molar-refractivity contribution in [1.29, 1.82) is 0 Å². The van der Waals surface area contributed by atoms with Crippen LogP contribution in [0.5, 0.6) is 11.5 Å². The maximum absolute atomic E-state index is 7.15. The van der Waals surface area contributed by atoms with E-state index in [4.69, 9.17) is 9.15 Å². The van der Waals surface area contributed by atoms with Crippen LogP contribution in [-0.4, -0.2) is 11.3 Å². The van der Waals surface area contributed by atoms with Gasteiger partial charge in [-0.2, -0.15) is 0 Å². The van der Waals surface area contributed by atoms with Gasteiger partial charge >= 0.3 is 0 Å². The van der Waals surface area contributed by atoms with Crippen LogP contribution in [0, 0.1) is 6.92 Å². The molecule has 0 unspecified atom stereocenters. The van der Waals surface area contributed by atoms with Gasteiger partial charge in [0, 0.05) is 50.4 Å². The van der Waals surface area contributed by atoms with Gasteiger partial charge in [-0.3, -0.25) is 0 Å². The summed E-state index contributed by atoms with van der Waals surface area (Å²) in [5.74, 6) is 1.83. The number of hydrogen-bond donors (Lipinski definition) is 0. The van der Waals surface area contributed by atoms with Crippen molar-refractivity contribution >= 4 is 66.8 Å². The Kier molecular flexibility index (Phi) is 7.55. The van der Waals surface area contributed by atoms with Crippen LogP contribution in [0.2, 0.25) is 0 Å². The van der Waals surface area contributed by atoms with Gasteiger partial charge in [-0.1, -0.05) is 117 Å².